The predicted octanol–water partition coefficient (Wildman–Crippen LogP) is 3.95. The van der Waals surface area contributed by atoms with Gasteiger partial charge in [-0.2, -0.15) is 0 Å². The molecule has 0 radical (unpaired) electrons. The Morgan fingerprint density at radius 1 is 1.36 bits per heavy atom. The Morgan fingerprint density at radius 2 is 1.91 bits per heavy atom. The van der Waals surface area contributed by atoms with Gasteiger partial charge in [-0.05, 0) is 25.2 Å². The Bertz CT molecular complexity index is 125. The Kier molecular flexibility index (Phi) is 5.91. The van der Waals surface area contributed by atoms with Crippen LogP contribution >= 0.6 is 0 Å². The van der Waals surface area contributed by atoms with Crippen LogP contribution in [0, 0.1) is 5.92 Å². The molecule has 1 unspecified atom stereocenters. The molecular weight excluding hydrogens is 132 g/mol. The zero-order chi connectivity index (χ0) is 8.69. The average Bonchev–Trinajstić information content (AvgIpc) is 2.01. The maximum atomic E-state index is 3.73. The quantitative estimate of drug-likeness (QED) is 0.523. The molecule has 0 N–H and O–H groups in total. The molecule has 0 saturated carbocycles. The summed E-state index contributed by atoms with van der Waals surface area (Å²) in [5.74, 6) is 0.669. The Morgan fingerprint density at radius 3 is 2.27 bits per heavy atom. The van der Waals surface area contributed by atoms with E-state index >= 15 is 0 Å². The fourth-order valence-corrected chi connectivity index (χ4v) is 1.22. The third kappa shape index (κ3) is 4.83. The molecule has 0 heterocycles. The third-order valence-electron chi connectivity index (χ3n) is 1.97. The molecular formula is C11H20. The molecule has 0 fully saturated rings. The maximum Gasteiger partial charge on any atom is -0.0225 e. The van der Waals surface area contributed by atoms with Gasteiger partial charge in [-0.3, -0.25) is 0 Å². The van der Waals surface area contributed by atoms with Crippen LogP contribution in [0.25, 0.3) is 0 Å². The molecule has 0 bridgehead atoms. The monoisotopic (exact) mass is 152 g/mol. The highest BCUT2D eigenvalue weighted by molar-refractivity contribution is 5.03. The van der Waals surface area contributed by atoms with E-state index in [-0.39, 0.29) is 0 Å². The zero-order valence-corrected chi connectivity index (χ0v) is 8.06. The molecule has 0 saturated heterocycles. The van der Waals surface area contributed by atoms with Crippen LogP contribution in [0.4, 0.5) is 0 Å². The van der Waals surface area contributed by atoms with E-state index in [2.05, 4.69) is 33.4 Å². The second kappa shape index (κ2) is 6.21. The lowest BCUT2D eigenvalue weighted by Gasteiger charge is -2.05. The third-order valence-corrected chi connectivity index (χ3v) is 1.97. The zero-order valence-electron chi connectivity index (χ0n) is 8.06. The van der Waals surface area contributed by atoms with Crippen LogP contribution in [-0.2, 0) is 0 Å². The van der Waals surface area contributed by atoms with E-state index in [1.807, 2.05) is 6.08 Å². The highest BCUT2D eigenvalue weighted by atomic mass is 14.0. The maximum absolute atomic E-state index is 3.73. The largest absolute Gasteiger partial charge is 0.103 e. The smallest absolute Gasteiger partial charge is 0.0225 e. The molecule has 0 aliphatic rings. The van der Waals surface area contributed by atoms with Crippen LogP contribution < -0.4 is 0 Å². The van der Waals surface area contributed by atoms with Crippen LogP contribution in [0.1, 0.15) is 40.0 Å². The number of allylic oxidation sites excluding steroid dienone is 3. The summed E-state index contributed by atoms with van der Waals surface area (Å²) in [6.45, 7) is 10.4. The lowest BCUT2D eigenvalue weighted by molar-refractivity contribution is 0.727. The van der Waals surface area contributed by atoms with E-state index in [0.29, 0.717) is 5.92 Å². The Labute approximate surface area is 71.0 Å². The summed E-state index contributed by atoms with van der Waals surface area (Å²) in [5.41, 5.74) is 1.57. The molecule has 0 spiro atoms. The van der Waals surface area contributed by atoms with Crippen LogP contribution in [0.3, 0.4) is 0 Å². The van der Waals surface area contributed by atoms with Crippen molar-refractivity contribution in [1.29, 1.82) is 0 Å². The van der Waals surface area contributed by atoms with Gasteiger partial charge in [0, 0.05) is 0 Å². The van der Waals surface area contributed by atoms with Gasteiger partial charge in [-0.25, -0.2) is 0 Å². The van der Waals surface area contributed by atoms with E-state index in [1.54, 1.807) is 5.57 Å². The van der Waals surface area contributed by atoms with Crippen LogP contribution in [0.5, 0.6) is 0 Å². The molecule has 0 nitrogen and oxygen atoms in total. The van der Waals surface area contributed by atoms with Gasteiger partial charge in [0.1, 0.15) is 0 Å². The van der Waals surface area contributed by atoms with Crippen molar-refractivity contribution < 1.29 is 0 Å². The molecule has 0 aromatic heterocycles. The van der Waals surface area contributed by atoms with Crippen molar-refractivity contribution >= 4 is 0 Å². The first-order valence-electron chi connectivity index (χ1n) is 4.55. The van der Waals surface area contributed by atoms with Gasteiger partial charge < -0.3 is 0 Å². The minimum absolute atomic E-state index is 0.669. The number of rotatable bonds is 5. The molecule has 11 heavy (non-hydrogen) atoms. The molecule has 64 valence electrons. The summed E-state index contributed by atoms with van der Waals surface area (Å²) in [6.07, 6.45) is 7.85. The van der Waals surface area contributed by atoms with Gasteiger partial charge >= 0.3 is 0 Å². The van der Waals surface area contributed by atoms with Gasteiger partial charge in [-0.15, -0.1) is 6.58 Å². The highest BCUT2D eigenvalue weighted by Crippen LogP contribution is 2.12. The summed E-state index contributed by atoms with van der Waals surface area (Å²) >= 11 is 0. The van der Waals surface area contributed by atoms with E-state index in [9.17, 15) is 0 Å². The van der Waals surface area contributed by atoms with Crippen LogP contribution in [0.15, 0.2) is 24.3 Å². The average molecular weight is 152 g/mol. The first-order chi connectivity index (χ1) is 5.24. The van der Waals surface area contributed by atoms with Crippen molar-refractivity contribution in [2.24, 2.45) is 5.92 Å². The number of hydrogen-bond donors (Lipinski definition) is 0. The van der Waals surface area contributed by atoms with Crippen molar-refractivity contribution in [1.82, 2.24) is 0 Å². The van der Waals surface area contributed by atoms with Crippen LogP contribution in [-0.4, -0.2) is 0 Å². The van der Waals surface area contributed by atoms with Crippen molar-refractivity contribution in [2.45, 2.75) is 40.0 Å². The summed E-state index contributed by atoms with van der Waals surface area (Å²) in [4.78, 5) is 0. The van der Waals surface area contributed by atoms with Crippen molar-refractivity contribution in [3.63, 3.8) is 0 Å². The molecule has 0 aliphatic carbocycles. The van der Waals surface area contributed by atoms with Gasteiger partial charge in [0.2, 0.25) is 0 Å². The fourth-order valence-electron chi connectivity index (χ4n) is 1.22. The lowest BCUT2D eigenvalue weighted by atomic mass is 10.0. The summed E-state index contributed by atoms with van der Waals surface area (Å²) in [6, 6.07) is 0. The topological polar surface area (TPSA) is 0 Å². The normalized spacial score (nSPS) is 12.3. The SMILES string of the molecule is C=CCC(C)C=C(CC)CC. The first-order valence-corrected chi connectivity index (χ1v) is 4.55. The van der Waals surface area contributed by atoms with Gasteiger partial charge in [0.05, 0.1) is 0 Å². The van der Waals surface area contributed by atoms with Crippen molar-refractivity contribution in [3.05, 3.63) is 24.3 Å². The predicted molar refractivity (Wildman–Crippen MR) is 52.6 cm³/mol. The van der Waals surface area contributed by atoms with Gasteiger partial charge in [0.15, 0.2) is 0 Å². The minimum Gasteiger partial charge on any atom is -0.103 e. The molecule has 0 aromatic rings. The van der Waals surface area contributed by atoms with E-state index in [0.717, 1.165) is 6.42 Å². The fraction of sp³-hybridized carbons (Fsp3) is 0.636. The summed E-state index contributed by atoms with van der Waals surface area (Å²) < 4.78 is 0. The molecule has 0 aromatic carbocycles. The Hall–Kier alpha value is -0.520. The van der Waals surface area contributed by atoms with Crippen molar-refractivity contribution in [3.8, 4) is 0 Å². The van der Waals surface area contributed by atoms with Crippen LogP contribution in [0.2, 0.25) is 0 Å². The first kappa shape index (κ1) is 10.5. The molecule has 0 aliphatic heterocycles. The Balaban J connectivity index is 3.91. The van der Waals surface area contributed by atoms with E-state index in [4.69, 9.17) is 0 Å². The molecule has 0 rings (SSSR count). The van der Waals surface area contributed by atoms with E-state index in [1.165, 1.54) is 12.8 Å². The molecule has 0 amide bonds. The number of hydrogen-bond acceptors (Lipinski definition) is 0. The standard InChI is InChI=1S/C11H20/c1-5-8-10(4)9-11(6-2)7-3/h5,9-10H,1,6-8H2,2-4H3. The summed E-state index contributed by atoms with van der Waals surface area (Å²) in [5, 5.41) is 0. The highest BCUT2D eigenvalue weighted by Gasteiger charge is 1.96. The van der Waals surface area contributed by atoms with Gasteiger partial charge in [-0.1, -0.05) is 38.5 Å². The van der Waals surface area contributed by atoms with Crippen molar-refractivity contribution in [2.75, 3.05) is 0 Å². The second-order valence-corrected chi connectivity index (χ2v) is 3.03. The second-order valence-electron chi connectivity index (χ2n) is 3.03. The summed E-state index contributed by atoms with van der Waals surface area (Å²) in [7, 11) is 0. The molecule has 0 heteroatoms. The lowest BCUT2D eigenvalue weighted by Crippen LogP contribution is -1.89. The molecule has 1 atom stereocenters. The van der Waals surface area contributed by atoms with Gasteiger partial charge in [0.25, 0.3) is 0 Å². The van der Waals surface area contributed by atoms with E-state index < -0.39 is 0 Å². The minimum atomic E-state index is 0.669.